The lowest BCUT2D eigenvalue weighted by atomic mass is 10.0. The van der Waals surface area contributed by atoms with Gasteiger partial charge in [-0.25, -0.2) is 4.98 Å². The normalized spacial score (nSPS) is 22.0. The van der Waals surface area contributed by atoms with Crippen molar-refractivity contribution in [2.75, 3.05) is 13.2 Å². The van der Waals surface area contributed by atoms with E-state index in [-0.39, 0.29) is 18.6 Å². The Morgan fingerprint density at radius 1 is 1.48 bits per heavy atom. The smallest absolute Gasteiger partial charge is 0.272 e. The van der Waals surface area contributed by atoms with E-state index in [0.717, 1.165) is 11.8 Å². The van der Waals surface area contributed by atoms with E-state index in [1.807, 2.05) is 24.3 Å². The Bertz CT molecular complexity index is 689. The molecule has 5 heteroatoms. The first-order chi connectivity index (χ1) is 10.1. The number of aromatic nitrogens is 1. The monoisotopic (exact) mass is 304 g/mol. The van der Waals surface area contributed by atoms with Gasteiger partial charge in [0.1, 0.15) is 5.69 Å². The van der Waals surface area contributed by atoms with Crippen molar-refractivity contribution in [3.63, 3.8) is 0 Å². The Kier molecular flexibility index (Phi) is 3.83. The molecule has 1 amide bonds. The second-order valence-electron chi connectivity index (χ2n) is 5.52. The van der Waals surface area contributed by atoms with Crippen LogP contribution in [-0.2, 0) is 0 Å². The van der Waals surface area contributed by atoms with Crippen molar-refractivity contribution in [3.8, 4) is 0 Å². The average molecular weight is 305 g/mol. The first-order valence-corrected chi connectivity index (χ1v) is 7.46. The van der Waals surface area contributed by atoms with E-state index in [1.165, 1.54) is 0 Å². The lowest BCUT2D eigenvalue weighted by Gasteiger charge is -2.25. The molecule has 0 spiro atoms. The first-order valence-electron chi connectivity index (χ1n) is 7.09. The summed E-state index contributed by atoms with van der Waals surface area (Å²) in [5.74, 6) is 0.140. The minimum Gasteiger partial charge on any atom is -0.394 e. The predicted octanol–water partition coefficient (Wildman–Crippen LogP) is 2.73. The van der Waals surface area contributed by atoms with E-state index in [9.17, 15) is 9.90 Å². The van der Waals surface area contributed by atoms with Gasteiger partial charge in [0, 0.05) is 11.9 Å². The van der Waals surface area contributed by atoms with Crippen LogP contribution in [0.15, 0.2) is 30.3 Å². The van der Waals surface area contributed by atoms with Gasteiger partial charge in [-0.15, -0.1) is 0 Å². The highest BCUT2D eigenvalue weighted by molar-refractivity contribution is 6.35. The van der Waals surface area contributed by atoms with E-state index in [2.05, 4.69) is 11.9 Å². The number of pyridine rings is 1. The fraction of sp³-hybridized carbons (Fsp3) is 0.375. The van der Waals surface area contributed by atoms with Gasteiger partial charge in [-0.1, -0.05) is 36.7 Å². The molecule has 1 aromatic heterocycles. The van der Waals surface area contributed by atoms with Crippen molar-refractivity contribution in [1.29, 1.82) is 0 Å². The Morgan fingerprint density at radius 2 is 2.24 bits per heavy atom. The maximum absolute atomic E-state index is 12.7. The Labute approximate surface area is 128 Å². The number of para-hydroxylation sites is 1. The molecule has 1 aliphatic heterocycles. The van der Waals surface area contributed by atoms with Crippen molar-refractivity contribution < 1.29 is 9.90 Å². The number of aliphatic hydroxyl groups excluding tert-OH is 1. The fourth-order valence-electron chi connectivity index (χ4n) is 2.93. The van der Waals surface area contributed by atoms with Crippen LogP contribution in [0.3, 0.4) is 0 Å². The average Bonchev–Trinajstić information content (AvgIpc) is 2.87. The number of carbonyl (C=O) groups is 1. The van der Waals surface area contributed by atoms with Gasteiger partial charge in [0.05, 0.1) is 23.2 Å². The highest BCUT2D eigenvalue weighted by Crippen LogP contribution is 2.27. The van der Waals surface area contributed by atoms with Crippen molar-refractivity contribution in [1.82, 2.24) is 9.88 Å². The summed E-state index contributed by atoms with van der Waals surface area (Å²) in [5.41, 5.74) is 1.05. The number of carbonyl (C=O) groups excluding carboxylic acids is 1. The third-order valence-corrected chi connectivity index (χ3v) is 4.53. The van der Waals surface area contributed by atoms with Crippen LogP contribution >= 0.6 is 11.6 Å². The number of hydrogen-bond acceptors (Lipinski definition) is 3. The van der Waals surface area contributed by atoms with Crippen molar-refractivity contribution in [3.05, 3.63) is 41.0 Å². The second-order valence-corrected chi connectivity index (χ2v) is 5.93. The molecule has 0 saturated carbocycles. The summed E-state index contributed by atoms with van der Waals surface area (Å²) < 4.78 is 0. The summed E-state index contributed by atoms with van der Waals surface area (Å²) in [6.07, 6.45) is 0.901. The molecule has 1 saturated heterocycles. The number of fused-ring (bicyclic) bond motifs is 1. The predicted molar refractivity (Wildman–Crippen MR) is 82.4 cm³/mol. The third-order valence-electron chi connectivity index (χ3n) is 4.22. The molecule has 21 heavy (non-hydrogen) atoms. The lowest BCUT2D eigenvalue weighted by Crippen LogP contribution is -2.40. The van der Waals surface area contributed by atoms with Gasteiger partial charge in [0.15, 0.2) is 0 Å². The third kappa shape index (κ3) is 2.49. The van der Waals surface area contributed by atoms with Crippen LogP contribution in [0.1, 0.15) is 23.8 Å². The maximum atomic E-state index is 12.7. The fourth-order valence-corrected chi connectivity index (χ4v) is 3.19. The van der Waals surface area contributed by atoms with E-state index >= 15 is 0 Å². The zero-order valence-corrected chi connectivity index (χ0v) is 12.5. The minimum absolute atomic E-state index is 0.0196. The number of likely N-dealkylation sites (tertiary alicyclic amines) is 1. The molecule has 1 aromatic carbocycles. The molecule has 3 rings (SSSR count). The quantitative estimate of drug-likeness (QED) is 0.928. The van der Waals surface area contributed by atoms with Crippen LogP contribution in [0.25, 0.3) is 10.9 Å². The molecule has 1 N–H and O–H groups in total. The number of rotatable bonds is 2. The number of benzene rings is 1. The molecule has 2 atom stereocenters. The van der Waals surface area contributed by atoms with E-state index in [0.29, 0.717) is 28.7 Å². The number of hydrogen-bond donors (Lipinski definition) is 1. The summed E-state index contributed by atoms with van der Waals surface area (Å²) in [6.45, 7) is 2.68. The molecule has 2 aromatic rings. The molecule has 0 radical (unpaired) electrons. The zero-order chi connectivity index (χ0) is 15.0. The summed E-state index contributed by atoms with van der Waals surface area (Å²) in [4.78, 5) is 18.8. The Morgan fingerprint density at radius 3 is 3.00 bits per heavy atom. The van der Waals surface area contributed by atoms with Crippen LogP contribution in [0, 0.1) is 5.92 Å². The highest BCUT2D eigenvalue weighted by atomic mass is 35.5. The summed E-state index contributed by atoms with van der Waals surface area (Å²) in [5, 5.41) is 10.9. The van der Waals surface area contributed by atoms with Crippen molar-refractivity contribution in [2.24, 2.45) is 5.92 Å². The molecule has 0 aliphatic carbocycles. The van der Waals surface area contributed by atoms with Crippen molar-refractivity contribution >= 4 is 28.4 Å². The molecule has 0 bridgehead atoms. The topological polar surface area (TPSA) is 53.4 Å². The van der Waals surface area contributed by atoms with Gasteiger partial charge in [-0.2, -0.15) is 0 Å². The number of aliphatic hydroxyl groups is 1. The standard InChI is InChI=1S/C16H17ClN2O2/c1-10-6-7-19(15(10)9-20)16(21)14-8-12(17)11-4-2-3-5-13(11)18-14/h2-5,8,10,15,20H,6-7,9H2,1H3. The number of nitrogens with zero attached hydrogens (tertiary/aromatic N) is 2. The zero-order valence-electron chi connectivity index (χ0n) is 11.8. The van der Waals surface area contributed by atoms with Crippen LogP contribution in [0.4, 0.5) is 0 Å². The number of halogens is 1. The first kappa shape index (κ1) is 14.3. The molecular weight excluding hydrogens is 288 g/mol. The van der Waals surface area contributed by atoms with Crippen molar-refractivity contribution in [2.45, 2.75) is 19.4 Å². The number of amides is 1. The van der Waals surface area contributed by atoms with E-state index in [1.54, 1.807) is 11.0 Å². The highest BCUT2D eigenvalue weighted by Gasteiger charge is 2.34. The summed E-state index contributed by atoms with van der Waals surface area (Å²) in [7, 11) is 0. The molecule has 1 fully saturated rings. The SMILES string of the molecule is CC1CCN(C(=O)c2cc(Cl)c3ccccc3n2)C1CO. The molecule has 4 nitrogen and oxygen atoms in total. The van der Waals surface area contributed by atoms with Crippen LogP contribution < -0.4 is 0 Å². The van der Waals surface area contributed by atoms with E-state index in [4.69, 9.17) is 11.6 Å². The maximum Gasteiger partial charge on any atom is 0.272 e. The second kappa shape index (κ2) is 5.62. The van der Waals surface area contributed by atoms with Gasteiger partial charge in [-0.05, 0) is 24.5 Å². The van der Waals surface area contributed by atoms with Gasteiger partial charge >= 0.3 is 0 Å². The largest absolute Gasteiger partial charge is 0.394 e. The minimum atomic E-state index is -0.161. The summed E-state index contributed by atoms with van der Waals surface area (Å²) in [6, 6.07) is 8.96. The van der Waals surface area contributed by atoms with Gasteiger partial charge < -0.3 is 10.0 Å². The molecule has 2 unspecified atom stereocenters. The molecule has 2 heterocycles. The molecule has 1 aliphatic rings. The van der Waals surface area contributed by atoms with Gasteiger partial charge in [0.25, 0.3) is 5.91 Å². The Balaban J connectivity index is 1.98. The molecule has 110 valence electrons. The Hall–Kier alpha value is -1.65. The lowest BCUT2D eigenvalue weighted by molar-refractivity contribution is 0.0643. The molecular formula is C16H17ClN2O2. The van der Waals surface area contributed by atoms with Gasteiger partial charge in [0.2, 0.25) is 0 Å². The van der Waals surface area contributed by atoms with Gasteiger partial charge in [-0.3, -0.25) is 4.79 Å². The van der Waals surface area contributed by atoms with Crippen LogP contribution in [0.5, 0.6) is 0 Å². The summed E-state index contributed by atoms with van der Waals surface area (Å²) >= 11 is 6.25. The van der Waals surface area contributed by atoms with E-state index < -0.39 is 0 Å². The van der Waals surface area contributed by atoms with Crippen LogP contribution in [-0.4, -0.2) is 40.1 Å². The van der Waals surface area contributed by atoms with Crippen LogP contribution in [0.2, 0.25) is 5.02 Å².